The highest BCUT2D eigenvalue weighted by Crippen LogP contribution is 2.65. The Morgan fingerprint density at radius 3 is 2.75 bits per heavy atom. The van der Waals surface area contributed by atoms with Gasteiger partial charge in [0.1, 0.15) is 11.3 Å². The van der Waals surface area contributed by atoms with Crippen molar-refractivity contribution in [2.75, 3.05) is 0 Å². The van der Waals surface area contributed by atoms with Crippen LogP contribution in [0.3, 0.4) is 0 Å². The van der Waals surface area contributed by atoms with E-state index in [0.717, 1.165) is 31.2 Å². The molecule has 6 nitrogen and oxygen atoms in total. The highest BCUT2D eigenvalue weighted by atomic mass is 16.6. The van der Waals surface area contributed by atoms with Crippen LogP contribution in [0.1, 0.15) is 60.5 Å². The summed E-state index contributed by atoms with van der Waals surface area (Å²) in [6, 6.07) is 10.3. The maximum Gasteiger partial charge on any atom is 0.347 e. The summed E-state index contributed by atoms with van der Waals surface area (Å²) in [5.41, 5.74) is 2.19. The van der Waals surface area contributed by atoms with E-state index in [0.29, 0.717) is 29.8 Å². The van der Waals surface area contributed by atoms with Gasteiger partial charge in [-0.2, -0.15) is 0 Å². The molecule has 1 heterocycles. The lowest BCUT2D eigenvalue weighted by molar-refractivity contribution is -0.136. The fraction of sp³-hybridized carbons (Fsp3) is 0.423. The monoisotopic (exact) mass is 432 g/mol. The summed E-state index contributed by atoms with van der Waals surface area (Å²) in [5, 5.41) is 0. The third-order valence-corrected chi connectivity index (χ3v) is 7.81. The predicted molar refractivity (Wildman–Crippen MR) is 114 cm³/mol. The van der Waals surface area contributed by atoms with Gasteiger partial charge in [0.25, 0.3) is 0 Å². The molecule has 2 aromatic carbocycles. The van der Waals surface area contributed by atoms with Crippen molar-refractivity contribution in [1.82, 2.24) is 0 Å². The lowest BCUT2D eigenvalue weighted by Crippen LogP contribution is -2.58. The molecule has 0 unspecified atom stereocenters. The quantitative estimate of drug-likeness (QED) is 0.535. The Hall–Kier alpha value is -3.15. The summed E-state index contributed by atoms with van der Waals surface area (Å²) in [6.45, 7) is 1.28. The average molecular weight is 432 g/mol. The van der Waals surface area contributed by atoms with Crippen molar-refractivity contribution in [2.45, 2.75) is 57.0 Å². The maximum atomic E-state index is 13.0. The molecule has 1 aliphatic heterocycles. The zero-order chi connectivity index (χ0) is 22.0. The van der Waals surface area contributed by atoms with Crippen molar-refractivity contribution in [1.29, 1.82) is 0 Å². The van der Waals surface area contributed by atoms with Crippen LogP contribution in [0.15, 0.2) is 36.4 Å². The lowest BCUT2D eigenvalue weighted by Gasteiger charge is -2.54. The Balaban J connectivity index is 1.42. The molecular weight excluding hydrogens is 408 g/mol. The molecule has 3 aliphatic carbocycles. The van der Waals surface area contributed by atoms with Crippen LogP contribution >= 0.6 is 0 Å². The van der Waals surface area contributed by atoms with Crippen LogP contribution in [0, 0.1) is 11.8 Å². The Bertz CT molecular complexity index is 1170. The standard InChI is InChI=1S/C26H24O6/c1-14(27)30-20-7-3-2-6-17(20)25(29)31-21-11-8-16-13-15-5-4-12-26-18(15)9-10-19(28)24(26)32-23(21)22(16)26/h2-3,6-8,11,15,18,24H,4-5,9-10,12-13H2,1H3/t15-,18+,24+,26+/m1/s1. The number of rotatable bonds is 3. The number of carbonyl (C=O) groups excluding carboxylic acids is 3. The van der Waals surface area contributed by atoms with E-state index in [9.17, 15) is 14.4 Å². The normalized spacial score (nSPS) is 29.0. The molecule has 0 saturated heterocycles. The van der Waals surface area contributed by atoms with E-state index in [4.69, 9.17) is 14.2 Å². The summed E-state index contributed by atoms with van der Waals surface area (Å²) in [4.78, 5) is 37.4. The van der Waals surface area contributed by atoms with Crippen LogP contribution in [0.4, 0.5) is 0 Å². The summed E-state index contributed by atoms with van der Waals surface area (Å²) >= 11 is 0. The number of esters is 2. The van der Waals surface area contributed by atoms with Gasteiger partial charge in [-0.3, -0.25) is 9.59 Å². The van der Waals surface area contributed by atoms with E-state index < -0.39 is 18.0 Å². The van der Waals surface area contributed by atoms with Crippen LogP contribution in [-0.4, -0.2) is 23.8 Å². The Morgan fingerprint density at radius 2 is 1.91 bits per heavy atom. The fourth-order valence-corrected chi connectivity index (χ4v) is 6.77. The van der Waals surface area contributed by atoms with Crippen molar-refractivity contribution in [2.24, 2.45) is 11.8 Å². The van der Waals surface area contributed by atoms with E-state index in [1.165, 1.54) is 18.9 Å². The second kappa shape index (κ2) is 6.92. The number of benzene rings is 2. The number of Topliss-reactive ketones (excluding diaryl/α,β-unsaturated/α-hetero) is 1. The van der Waals surface area contributed by atoms with Gasteiger partial charge in [-0.15, -0.1) is 0 Å². The third kappa shape index (κ3) is 2.61. The highest BCUT2D eigenvalue weighted by Gasteiger charge is 2.64. The summed E-state index contributed by atoms with van der Waals surface area (Å²) in [5.74, 6) is 1.07. The first-order valence-corrected chi connectivity index (χ1v) is 11.3. The first-order valence-electron chi connectivity index (χ1n) is 11.3. The van der Waals surface area contributed by atoms with E-state index in [-0.39, 0.29) is 22.5 Å². The summed E-state index contributed by atoms with van der Waals surface area (Å²) in [7, 11) is 0. The number of hydrogen-bond donors (Lipinski definition) is 0. The number of carbonyl (C=O) groups is 3. The fourth-order valence-electron chi connectivity index (χ4n) is 6.77. The molecule has 0 N–H and O–H groups in total. The van der Waals surface area contributed by atoms with Gasteiger partial charge >= 0.3 is 11.9 Å². The number of ether oxygens (including phenoxy) is 3. The largest absolute Gasteiger partial charge is 0.477 e. The molecule has 4 atom stereocenters. The Kier molecular flexibility index (Phi) is 4.23. The van der Waals surface area contributed by atoms with Gasteiger partial charge in [-0.1, -0.05) is 24.6 Å². The first kappa shape index (κ1) is 19.5. The minimum Gasteiger partial charge on any atom is -0.477 e. The molecule has 2 bridgehead atoms. The molecular formula is C26H24O6. The average Bonchev–Trinajstić information content (AvgIpc) is 3.11. The van der Waals surface area contributed by atoms with Crippen LogP contribution in [0.2, 0.25) is 0 Å². The molecule has 6 rings (SSSR count). The van der Waals surface area contributed by atoms with Crippen molar-refractivity contribution < 1.29 is 28.6 Å². The maximum absolute atomic E-state index is 13.0. The molecule has 0 amide bonds. The molecule has 0 radical (unpaired) electrons. The third-order valence-electron chi connectivity index (χ3n) is 7.81. The van der Waals surface area contributed by atoms with E-state index in [2.05, 4.69) is 0 Å². The first-order chi connectivity index (χ1) is 15.5. The van der Waals surface area contributed by atoms with Gasteiger partial charge in [-0.05, 0) is 61.3 Å². The van der Waals surface area contributed by atoms with Crippen molar-refractivity contribution in [3.8, 4) is 17.2 Å². The van der Waals surface area contributed by atoms with Gasteiger partial charge in [-0.25, -0.2) is 4.79 Å². The molecule has 2 aromatic rings. The van der Waals surface area contributed by atoms with Gasteiger partial charge in [0, 0.05) is 24.3 Å². The van der Waals surface area contributed by atoms with E-state index in [1.54, 1.807) is 30.3 Å². The smallest absolute Gasteiger partial charge is 0.347 e. The van der Waals surface area contributed by atoms with E-state index >= 15 is 0 Å². The Morgan fingerprint density at radius 1 is 1.06 bits per heavy atom. The zero-order valence-corrected chi connectivity index (χ0v) is 17.9. The van der Waals surface area contributed by atoms with Crippen molar-refractivity contribution >= 4 is 17.7 Å². The SMILES string of the molecule is CC(=O)Oc1ccccc1C(=O)Oc1ccc2c3c1O[C@H]1C(=O)CC[C@H]4[C@H](CCC[C@]314)C2. The molecule has 1 spiro atoms. The predicted octanol–water partition coefficient (Wildman–Crippen LogP) is 4.17. The van der Waals surface area contributed by atoms with Crippen molar-refractivity contribution in [3.63, 3.8) is 0 Å². The summed E-state index contributed by atoms with van der Waals surface area (Å²) in [6.07, 6.45) is 5.22. The topological polar surface area (TPSA) is 78.9 Å². The second-order valence-electron chi connectivity index (χ2n) is 9.41. The van der Waals surface area contributed by atoms with Gasteiger partial charge < -0.3 is 14.2 Å². The van der Waals surface area contributed by atoms with Gasteiger partial charge in [0.2, 0.25) is 0 Å². The van der Waals surface area contributed by atoms with Crippen LogP contribution in [0.5, 0.6) is 17.2 Å². The zero-order valence-electron chi connectivity index (χ0n) is 17.9. The Labute approximate surface area is 185 Å². The highest BCUT2D eigenvalue weighted by molar-refractivity contribution is 5.95. The van der Waals surface area contributed by atoms with Crippen LogP contribution in [-0.2, 0) is 21.4 Å². The van der Waals surface area contributed by atoms with Crippen LogP contribution in [0.25, 0.3) is 0 Å². The number of ketones is 1. The van der Waals surface area contributed by atoms with Gasteiger partial charge in [0.15, 0.2) is 23.4 Å². The molecule has 6 heteroatoms. The molecule has 164 valence electrons. The number of hydrogen-bond acceptors (Lipinski definition) is 6. The minimum atomic E-state index is -0.630. The second-order valence-corrected chi connectivity index (χ2v) is 9.41. The number of para-hydroxylation sites is 1. The minimum absolute atomic E-state index is 0.151. The molecule has 2 fully saturated rings. The molecule has 0 aromatic heterocycles. The molecule has 2 saturated carbocycles. The lowest BCUT2D eigenvalue weighted by atomic mass is 9.48. The van der Waals surface area contributed by atoms with Gasteiger partial charge in [0.05, 0.1) is 0 Å². The molecule has 32 heavy (non-hydrogen) atoms. The molecule has 4 aliphatic rings. The van der Waals surface area contributed by atoms with Crippen molar-refractivity contribution in [3.05, 3.63) is 53.1 Å². The van der Waals surface area contributed by atoms with E-state index in [1.807, 2.05) is 6.07 Å². The summed E-state index contributed by atoms with van der Waals surface area (Å²) < 4.78 is 17.3. The van der Waals surface area contributed by atoms with Crippen LogP contribution < -0.4 is 14.2 Å².